The highest BCUT2D eigenvalue weighted by molar-refractivity contribution is 6.39. The van der Waals surface area contributed by atoms with Gasteiger partial charge in [0.2, 0.25) is 0 Å². The number of hydrogen-bond donors (Lipinski definition) is 2. The average Bonchev–Trinajstić information content (AvgIpc) is 3.06. The first-order chi connectivity index (χ1) is 14.0. The summed E-state index contributed by atoms with van der Waals surface area (Å²) < 4.78 is 0. The average molecular weight is 427 g/mol. The fourth-order valence-electron chi connectivity index (χ4n) is 3.86. The minimum atomic E-state index is -0.648. The van der Waals surface area contributed by atoms with Crippen molar-refractivity contribution in [3.05, 3.63) is 88.4 Å². The maximum Gasteiger partial charge on any atom is 0.322 e. The molecule has 0 aliphatic carbocycles. The number of aliphatic hydroxyl groups is 1. The van der Waals surface area contributed by atoms with E-state index in [-0.39, 0.29) is 12.6 Å². The lowest BCUT2D eigenvalue weighted by molar-refractivity contribution is 0.224. The number of anilines is 1. The molecule has 4 rings (SSSR count). The predicted octanol–water partition coefficient (Wildman–Crippen LogP) is 5.47. The molecule has 3 aromatic rings. The van der Waals surface area contributed by atoms with E-state index in [2.05, 4.69) is 5.32 Å². The lowest BCUT2D eigenvalue weighted by Crippen LogP contribution is -2.41. The van der Waals surface area contributed by atoms with Gasteiger partial charge < -0.3 is 10.4 Å². The van der Waals surface area contributed by atoms with Crippen LogP contribution in [0.5, 0.6) is 0 Å². The SMILES string of the molecule is O=C1NC(CCO)(c2ccccc2)CN1c1cccc(-c2c(Cl)cccc2Cl)c1. The molecular weight excluding hydrogens is 407 g/mol. The Morgan fingerprint density at radius 1 is 0.966 bits per heavy atom. The first-order valence-corrected chi connectivity index (χ1v) is 10.1. The molecule has 0 radical (unpaired) electrons. The molecule has 1 saturated heterocycles. The fourth-order valence-corrected chi connectivity index (χ4v) is 4.48. The second kappa shape index (κ2) is 8.07. The van der Waals surface area contributed by atoms with E-state index in [9.17, 15) is 9.90 Å². The largest absolute Gasteiger partial charge is 0.396 e. The maximum atomic E-state index is 12.9. The number of rotatable bonds is 5. The molecule has 1 aliphatic rings. The van der Waals surface area contributed by atoms with E-state index < -0.39 is 5.54 Å². The third kappa shape index (κ3) is 3.71. The van der Waals surface area contributed by atoms with Crippen LogP contribution in [0.25, 0.3) is 11.1 Å². The zero-order chi connectivity index (χ0) is 20.4. The second-order valence-electron chi connectivity index (χ2n) is 7.09. The number of carbonyl (C=O) groups excluding carboxylic acids is 1. The Labute approximate surface area is 179 Å². The van der Waals surface area contributed by atoms with Gasteiger partial charge in [0.15, 0.2) is 0 Å². The summed E-state index contributed by atoms with van der Waals surface area (Å²) in [6.07, 6.45) is 0.426. The van der Waals surface area contributed by atoms with Gasteiger partial charge >= 0.3 is 6.03 Å². The van der Waals surface area contributed by atoms with Crippen LogP contribution in [0.2, 0.25) is 10.0 Å². The molecule has 4 nitrogen and oxygen atoms in total. The van der Waals surface area contributed by atoms with Gasteiger partial charge in [-0.15, -0.1) is 0 Å². The standard InChI is InChI=1S/C23H20Cl2N2O2/c24-19-10-5-11-20(25)21(19)16-6-4-9-18(14-16)27-15-23(12-13-28,26-22(27)29)17-7-2-1-3-8-17/h1-11,14,28H,12-13,15H2,(H,26,29). The van der Waals surface area contributed by atoms with Gasteiger partial charge in [0.1, 0.15) is 0 Å². The fraction of sp³-hybridized carbons (Fsp3) is 0.174. The van der Waals surface area contributed by atoms with Gasteiger partial charge in [-0.3, -0.25) is 4.90 Å². The van der Waals surface area contributed by atoms with Crippen molar-refractivity contribution in [3.8, 4) is 11.1 Å². The molecule has 0 saturated carbocycles. The van der Waals surface area contributed by atoms with Crippen molar-refractivity contribution in [2.24, 2.45) is 0 Å². The van der Waals surface area contributed by atoms with Crippen LogP contribution in [0.15, 0.2) is 72.8 Å². The number of benzene rings is 3. The Bertz CT molecular complexity index is 1020. The van der Waals surface area contributed by atoms with E-state index in [0.717, 1.165) is 22.4 Å². The molecule has 0 spiro atoms. The molecule has 1 atom stereocenters. The van der Waals surface area contributed by atoms with E-state index in [4.69, 9.17) is 23.2 Å². The van der Waals surface area contributed by atoms with Crippen LogP contribution >= 0.6 is 23.2 Å². The zero-order valence-corrected chi connectivity index (χ0v) is 17.1. The van der Waals surface area contributed by atoms with E-state index >= 15 is 0 Å². The monoisotopic (exact) mass is 426 g/mol. The zero-order valence-electron chi connectivity index (χ0n) is 15.6. The van der Waals surface area contributed by atoms with Crippen molar-refractivity contribution in [1.82, 2.24) is 5.32 Å². The van der Waals surface area contributed by atoms with E-state index in [0.29, 0.717) is 23.0 Å². The molecule has 1 heterocycles. The smallest absolute Gasteiger partial charge is 0.322 e. The Morgan fingerprint density at radius 3 is 2.34 bits per heavy atom. The highest BCUT2D eigenvalue weighted by Gasteiger charge is 2.44. The van der Waals surface area contributed by atoms with Crippen LogP contribution in [0.1, 0.15) is 12.0 Å². The minimum absolute atomic E-state index is 0.0295. The summed E-state index contributed by atoms with van der Waals surface area (Å²) >= 11 is 12.7. The summed E-state index contributed by atoms with van der Waals surface area (Å²) in [5, 5.41) is 13.9. The van der Waals surface area contributed by atoms with Gasteiger partial charge in [0.25, 0.3) is 0 Å². The summed E-state index contributed by atoms with van der Waals surface area (Å²) in [5.74, 6) is 0. The van der Waals surface area contributed by atoms with Gasteiger partial charge in [-0.05, 0) is 41.8 Å². The van der Waals surface area contributed by atoms with Crippen molar-refractivity contribution in [3.63, 3.8) is 0 Å². The molecule has 2 amide bonds. The van der Waals surface area contributed by atoms with Crippen LogP contribution in [0.4, 0.5) is 10.5 Å². The van der Waals surface area contributed by atoms with Gasteiger partial charge in [0, 0.05) is 27.9 Å². The minimum Gasteiger partial charge on any atom is -0.396 e. The van der Waals surface area contributed by atoms with Crippen LogP contribution in [0, 0.1) is 0 Å². The third-order valence-electron chi connectivity index (χ3n) is 5.29. The molecular formula is C23H20Cl2N2O2. The topological polar surface area (TPSA) is 52.6 Å². The quantitative estimate of drug-likeness (QED) is 0.568. The van der Waals surface area contributed by atoms with Crippen molar-refractivity contribution in [2.75, 3.05) is 18.1 Å². The normalized spacial score (nSPS) is 18.7. The molecule has 0 aromatic heterocycles. The molecule has 1 fully saturated rings. The van der Waals surface area contributed by atoms with Gasteiger partial charge in [-0.1, -0.05) is 71.7 Å². The van der Waals surface area contributed by atoms with E-state index in [1.165, 1.54) is 0 Å². The summed E-state index contributed by atoms with van der Waals surface area (Å²) in [5.41, 5.74) is 2.64. The summed E-state index contributed by atoms with van der Waals surface area (Å²) in [4.78, 5) is 14.6. The van der Waals surface area contributed by atoms with Gasteiger partial charge in [0.05, 0.1) is 12.1 Å². The van der Waals surface area contributed by atoms with E-state index in [1.807, 2.05) is 54.6 Å². The Morgan fingerprint density at radius 2 is 1.66 bits per heavy atom. The Kier molecular flexibility index (Phi) is 5.50. The first kappa shape index (κ1) is 19.8. The Balaban J connectivity index is 1.72. The van der Waals surface area contributed by atoms with Crippen molar-refractivity contribution in [1.29, 1.82) is 0 Å². The third-order valence-corrected chi connectivity index (χ3v) is 5.92. The molecule has 0 bridgehead atoms. The van der Waals surface area contributed by atoms with Gasteiger partial charge in [-0.25, -0.2) is 4.79 Å². The molecule has 6 heteroatoms. The van der Waals surface area contributed by atoms with Gasteiger partial charge in [-0.2, -0.15) is 0 Å². The number of nitrogens with zero attached hydrogens (tertiary/aromatic N) is 1. The number of hydrogen-bond acceptors (Lipinski definition) is 2. The summed E-state index contributed by atoms with van der Waals surface area (Å²) in [6.45, 7) is 0.383. The first-order valence-electron chi connectivity index (χ1n) is 9.34. The lowest BCUT2D eigenvalue weighted by Gasteiger charge is -2.28. The van der Waals surface area contributed by atoms with Crippen molar-refractivity contribution < 1.29 is 9.90 Å². The molecule has 29 heavy (non-hydrogen) atoms. The number of halogens is 2. The lowest BCUT2D eigenvalue weighted by atomic mass is 9.87. The predicted molar refractivity (Wildman–Crippen MR) is 118 cm³/mol. The number of amides is 2. The number of aliphatic hydroxyl groups excluding tert-OH is 1. The number of urea groups is 1. The van der Waals surface area contributed by atoms with E-state index in [1.54, 1.807) is 23.1 Å². The molecule has 2 N–H and O–H groups in total. The van der Waals surface area contributed by atoms with Crippen molar-refractivity contribution >= 4 is 34.9 Å². The van der Waals surface area contributed by atoms with Crippen LogP contribution in [-0.2, 0) is 5.54 Å². The van der Waals surface area contributed by atoms with Crippen LogP contribution in [0.3, 0.4) is 0 Å². The second-order valence-corrected chi connectivity index (χ2v) is 7.90. The van der Waals surface area contributed by atoms with Crippen molar-refractivity contribution in [2.45, 2.75) is 12.0 Å². The molecule has 1 aliphatic heterocycles. The van der Waals surface area contributed by atoms with Crippen LogP contribution in [-0.4, -0.2) is 24.3 Å². The molecule has 148 valence electrons. The molecule has 3 aromatic carbocycles. The Hall–Kier alpha value is -2.53. The number of nitrogens with one attached hydrogen (secondary N) is 1. The highest BCUT2D eigenvalue weighted by atomic mass is 35.5. The summed E-state index contributed by atoms with van der Waals surface area (Å²) in [6, 6.07) is 22.5. The maximum absolute atomic E-state index is 12.9. The highest BCUT2D eigenvalue weighted by Crippen LogP contribution is 2.38. The summed E-state index contributed by atoms with van der Waals surface area (Å²) in [7, 11) is 0. The van der Waals surface area contributed by atoms with Crippen LogP contribution < -0.4 is 10.2 Å². The number of carbonyl (C=O) groups is 1. The molecule has 1 unspecified atom stereocenters.